The maximum absolute atomic E-state index is 13.5. The molecule has 0 aliphatic carbocycles. The van der Waals surface area contributed by atoms with Crippen LogP contribution in [0, 0.1) is 17.6 Å². The molecule has 1 amide bonds. The van der Waals surface area contributed by atoms with Crippen molar-refractivity contribution in [3.63, 3.8) is 0 Å². The van der Waals surface area contributed by atoms with E-state index < -0.39 is 11.6 Å². The van der Waals surface area contributed by atoms with Gasteiger partial charge >= 0.3 is 0 Å². The summed E-state index contributed by atoms with van der Waals surface area (Å²) in [6, 6.07) is 5.92. The van der Waals surface area contributed by atoms with Gasteiger partial charge in [-0.05, 0) is 23.8 Å². The van der Waals surface area contributed by atoms with Crippen molar-refractivity contribution in [2.45, 2.75) is 19.6 Å². The van der Waals surface area contributed by atoms with E-state index >= 15 is 0 Å². The second-order valence-corrected chi connectivity index (χ2v) is 6.53. The first-order chi connectivity index (χ1) is 12.5. The van der Waals surface area contributed by atoms with Gasteiger partial charge in [0.2, 0.25) is 5.91 Å². The Labute approximate surface area is 150 Å². The summed E-state index contributed by atoms with van der Waals surface area (Å²) >= 11 is 0. The van der Waals surface area contributed by atoms with E-state index in [0.717, 1.165) is 11.8 Å². The predicted molar refractivity (Wildman–Crippen MR) is 91.1 cm³/mol. The molecule has 0 saturated carbocycles. The maximum Gasteiger partial charge on any atom is 0.245 e. The number of hydrogen-bond donors (Lipinski definition) is 1. The molecule has 0 fully saturated rings. The van der Waals surface area contributed by atoms with Gasteiger partial charge in [0.25, 0.3) is 0 Å². The van der Waals surface area contributed by atoms with E-state index in [-0.39, 0.29) is 18.4 Å². The average molecular weight is 364 g/mol. The zero-order chi connectivity index (χ0) is 18.5. The molecule has 6 nitrogen and oxygen atoms in total. The number of rotatable bonds is 6. The van der Waals surface area contributed by atoms with Crippen molar-refractivity contribution in [3.8, 4) is 0 Å². The monoisotopic (exact) mass is 364 g/mol. The summed E-state index contributed by atoms with van der Waals surface area (Å²) in [7, 11) is 1.48. The van der Waals surface area contributed by atoms with Gasteiger partial charge in [-0.25, -0.2) is 8.78 Å². The number of halogens is 2. The summed E-state index contributed by atoms with van der Waals surface area (Å²) in [5.74, 6) is -1.71. The van der Waals surface area contributed by atoms with Crippen LogP contribution >= 0.6 is 0 Å². The van der Waals surface area contributed by atoms with E-state index in [1.54, 1.807) is 12.3 Å². The number of methoxy groups -OCH3 is 1. The van der Waals surface area contributed by atoms with E-state index in [9.17, 15) is 13.6 Å². The van der Waals surface area contributed by atoms with Crippen LogP contribution in [0.3, 0.4) is 0 Å². The second-order valence-electron chi connectivity index (χ2n) is 6.53. The van der Waals surface area contributed by atoms with Crippen LogP contribution in [0.5, 0.6) is 0 Å². The van der Waals surface area contributed by atoms with Crippen molar-refractivity contribution in [2.75, 3.05) is 26.8 Å². The molecule has 3 rings (SSSR count). The lowest BCUT2D eigenvalue weighted by atomic mass is 10.1. The largest absolute Gasteiger partial charge is 0.375 e. The van der Waals surface area contributed by atoms with Crippen molar-refractivity contribution < 1.29 is 18.3 Å². The third-order valence-corrected chi connectivity index (χ3v) is 4.39. The number of aromatic nitrogens is 2. The number of amides is 1. The fourth-order valence-corrected chi connectivity index (χ4v) is 3.21. The molecule has 1 aromatic carbocycles. The van der Waals surface area contributed by atoms with Crippen LogP contribution in [0.25, 0.3) is 0 Å². The van der Waals surface area contributed by atoms with Gasteiger partial charge in [-0.15, -0.1) is 0 Å². The molecule has 1 aromatic heterocycles. The zero-order valence-corrected chi connectivity index (χ0v) is 14.6. The molecule has 1 N–H and O–H groups in total. The quantitative estimate of drug-likeness (QED) is 0.845. The highest BCUT2D eigenvalue weighted by Crippen LogP contribution is 2.19. The Bertz CT molecular complexity index is 765. The Morgan fingerprint density at radius 1 is 1.31 bits per heavy atom. The number of hydrogen-bond acceptors (Lipinski definition) is 4. The maximum atomic E-state index is 13.5. The van der Waals surface area contributed by atoms with Crippen molar-refractivity contribution in [3.05, 3.63) is 53.4 Å². The zero-order valence-electron chi connectivity index (χ0n) is 14.6. The summed E-state index contributed by atoms with van der Waals surface area (Å²) in [6.07, 6.45) is 1.75. The molecule has 26 heavy (non-hydrogen) atoms. The molecular formula is C18H22F2N4O2. The van der Waals surface area contributed by atoms with E-state index in [4.69, 9.17) is 4.74 Å². The number of nitrogens with zero attached hydrogens (tertiary/aromatic N) is 3. The number of carbonyl (C=O) groups excluding carboxylic acids is 1. The molecule has 0 spiro atoms. The molecule has 8 heteroatoms. The van der Waals surface area contributed by atoms with Gasteiger partial charge in [-0.3, -0.25) is 14.4 Å². The Kier molecular flexibility index (Phi) is 5.95. The van der Waals surface area contributed by atoms with Gasteiger partial charge in [0.1, 0.15) is 6.61 Å². The standard InChI is InChI=1S/C18H22F2N4O2/c1-26-12-18(25)21-7-14-9-23(11-15-4-5-22-24(15)10-14)8-13-2-3-16(19)17(20)6-13/h2-6,14H,7-12H2,1H3,(H,21,25)/t14-/m0/s1. The Morgan fingerprint density at radius 2 is 2.15 bits per heavy atom. The number of nitrogens with one attached hydrogen (secondary N) is 1. The van der Waals surface area contributed by atoms with Crippen LogP contribution in [0.4, 0.5) is 8.78 Å². The highest BCUT2D eigenvalue weighted by molar-refractivity contribution is 5.77. The lowest BCUT2D eigenvalue weighted by Crippen LogP contribution is -2.37. The fourth-order valence-electron chi connectivity index (χ4n) is 3.21. The lowest BCUT2D eigenvalue weighted by Gasteiger charge is -2.24. The molecule has 1 atom stereocenters. The molecule has 0 unspecified atom stereocenters. The molecular weight excluding hydrogens is 342 g/mol. The summed E-state index contributed by atoms with van der Waals surface area (Å²) in [5, 5.41) is 7.20. The van der Waals surface area contributed by atoms with E-state index in [1.165, 1.54) is 13.2 Å². The first-order valence-corrected chi connectivity index (χ1v) is 8.47. The SMILES string of the molecule is COCC(=O)NC[C@H]1CN(Cc2ccc(F)c(F)c2)Cc2ccnn2C1. The Morgan fingerprint density at radius 3 is 2.92 bits per heavy atom. The van der Waals surface area contributed by atoms with E-state index in [1.807, 2.05) is 10.7 Å². The molecule has 0 bridgehead atoms. The van der Waals surface area contributed by atoms with Gasteiger partial charge < -0.3 is 10.1 Å². The van der Waals surface area contributed by atoms with Crippen molar-refractivity contribution >= 4 is 5.91 Å². The smallest absolute Gasteiger partial charge is 0.245 e. The van der Waals surface area contributed by atoms with E-state index in [0.29, 0.717) is 38.3 Å². The van der Waals surface area contributed by atoms with Gasteiger partial charge in [0.05, 0.1) is 5.69 Å². The minimum absolute atomic E-state index is 0.0261. The number of fused-ring (bicyclic) bond motifs is 1. The molecule has 0 saturated heterocycles. The van der Waals surface area contributed by atoms with Crippen LogP contribution in [0.2, 0.25) is 0 Å². The minimum atomic E-state index is -0.846. The molecule has 2 aromatic rings. The summed E-state index contributed by atoms with van der Waals surface area (Å²) in [6.45, 7) is 3.06. The Balaban J connectivity index is 1.70. The van der Waals surface area contributed by atoms with Crippen LogP contribution in [-0.4, -0.2) is 47.4 Å². The van der Waals surface area contributed by atoms with Gasteiger partial charge in [-0.2, -0.15) is 5.10 Å². The Hall–Kier alpha value is -2.32. The number of benzene rings is 1. The average Bonchev–Trinajstić information content (AvgIpc) is 2.96. The molecule has 1 aliphatic heterocycles. The summed E-state index contributed by atoms with van der Waals surface area (Å²) in [4.78, 5) is 13.8. The molecule has 2 heterocycles. The first kappa shape index (κ1) is 18.5. The summed E-state index contributed by atoms with van der Waals surface area (Å²) in [5.41, 5.74) is 1.76. The second kappa shape index (κ2) is 8.37. The third kappa shape index (κ3) is 4.64. The van der Waals surface area contributed by atoms with Crippen LogP contribution in [-0.2, 0) is 29.2 Å². The number of carbonyl (C=O) groups is 1. The molecule has 0 radical (unpaired) electrons. The highest BCUT2D eigenvalue weighted by Gasteiger charge is 2.23. The normalized spacial score (nSPS) is 17.6. The fraction of sp³-hybridized carbons (Fsp3) is 0.444. The van der Waals surface area contributed by atoms with Crippen LogP contribution in [0.1, 0.15) is 11.3 Å². The molecule has 1 aliphatic rings. The highest BCUT2D eigenvalue weighted by atomic mass is 19.2. The first-order valence-electron chi connectivity index (χ1n) is 8.47. The molecule has 140 valence electrons. The van der Waals surface area contributed by atoms with Crippen molar-refractivity contribution in [2.24, 2.45) is 5.92 Å². The van der Waals surface area contributed by atoms with Crippen LogP contribution < -0.4 is 5.32 Å². The van der Waals surface area contributed by atoms with Gasteiger partial charge in [0.15, 0.2) is 11.6 Å². The predicted octanol–water partition coefficient (Wildman–Crippen LogP) is 1.56. The van der Waals surface area contributed by atoms with E-state index in [2.05, 4.69) is 15.3 Å². The topological polar surface area (TPSA) is 59.4 Å². The minimum Gasteiger partial charge on any atom is -0.375 e. The van der Waals surface area contributed by atoms with Crippen LogP contribution in [0.15, 0.2) is 30.5 Å². The third-order valence-electron chi connectivity index (χ3n) is 4.39. The van der Waals surface area contributed by atoms with Gasteiger partial charge in [0, 0.05) is 51.9 Å². The lowest BCUT2D eigenvalue weighted by molar-refractivity contribution is -0.124. The van der Waals surface area contributed by atoms with Gasteiger partial charge in [-0.1, -0.05) is 6.07 Å². The van der Waals surface area contributed by atoms with Crippen molar-refractivity contribution in [1.29, 1.82) is 0 Å². The number of ether oxygens (including phenoxy) is 1. The van der Waals surface area contributed by atoms with Crippen molar-refractivity contribution in [1.82, 2.24) is 20.0 Å². The summed E-state index contributed by atoms with van der Waals surface area (Å²) < 4.78 is 33.4.